The van der Waals surface area contributed by atoms with Gasteiger partial charge in [-0.25, -0.2) is 4.98 Å². The van der Waals surface area contributed by atoms with Crippen LogP contribution in [0.3, 0.4) is 0 Å². The molecule has 0 fully saturated rings. The van der Waals surface area contributed by atoms with E-state index in [1.54, 1.807) is 18.3 Å². The molecule has 0 aliphatic rings. The van der Waals surface area contributed by atoms with Gasteiger partial charge in [-0.2, -0.15) is 0 Å². The van der Waals surface area contributed by atoms with Crippen molar-refractivity contribution in [3.63, 3.8) is 0 Å². The molecule has 0 radical (unpaired) electrons. The van der Waals surface area contributed by atoms with E-state index in [0.717, 1.165) is 5.56 Å². The molecular formula is C13H12ClN3O3. The Labute approximate surface area is 120 Å². The standard InChI is InChI=1S/C13H12ClN3O3/c1-8(15)9-2-5-13(16-7-9)20-12-4-3-10(14)6-11(12)17(18)19/h2-8H,15H2,1H3. The monoisotopic (exact) mass is 293 g/mol. The highest BCUT2D eigenvalue weighted by molar-refractivity contribution is 6.30. The number of nitrogens with zero attached hydrogens (tertiary/aromatic N) is 2. The first-order valence-electron chi connectivity index (χ1n) is 5.80. The average Bonchev–Trinajstić information content (AvgIpc) is 2.41. The predicted molar refractivity (Wildman–Crippen MR) is 75.0 cm³/mol. The molecule has 0 spiro atoms. The van der Waals surface area contributed by atoms with Gasteiger partial charge < -0.3 is 10.5 Å². The van der Waals surface area contributed by atoms with Gasteiger partial charge in [-0.1, -0.05) is 17.7 Å². The second-order valence-corrected chi connectivity index (χ2v) is 4.63. The molecule has 0 aliphatic heterocycles. The van der Waals surface area contributed by atoms with Crippen LogP contribution in [-0.4, -0.2) is 9.91 Å². The minimum Gasteiger partial charge on any atom is -0.432 e. The third kappa shape index (κ3) is 3.23. The molecule has 104 valence electrons. The summed E-state index contributed by atoms with van der Waals surface area (Å²) in [7, 11) is 0. The molecule has 0 saturated carbocycles. The average molecular weight is 294 g/mol. The number of hydrogen-bond acceptors (Lipinski definition) is 5. The van der Waals surface area contributed by atoms with E-state index in [0.29, 0.717) is 0 Å². The van der Waals surface area contributed by atoms with Gasteiger partial charge in [0.15, 0.2) is 0 Å². The number of aromatic nitrogens is 1. The zero-order chi connectivity index (χ0) is 14.7. The molecular weight excluding hydrogens is 282 g/mol. The maximum absolute atomic E-state index is 10.9. The first-order chi connectivity index (χ1) is 9.47. The summed E-state index contributed by atoms with van der Waals surface area (Å²) in [6, 6.07) is 7.40. The van der Waals surface area contributed by atoms with Gasteiger partial charge in [-0.3, -0.25) is 10.1 Å². The minimum absolute atomic E-state index is 0.0837. The molecule has 20 heavy (non-hydrogen) atoms. The summed E-state index contributed by atoms with van der Waals surface area (Å²) in [6.45, 7) is 1.83. The molecule has 1 aromatic carbocycles. The third-order valence-electron chi connectivity index (χ3n) is 2.62. The predicted octanol–water partition coefficient (Wildman–Crippen LogP) is 3.46. The van der Waals surface area contributed by atoms with Crippen molar-refractivity contribution < 1.29 is 9.66 Å². The van der Waals surface area contributed by atoms with Gasteiger partial charge in [-0.05, 0) is 24.6 Å². The van der Waals surface area contributed by atoms with Gasteiger partial charge in [0.05, 0.1) is 4.92 Å². The van der Waals surface area contributed by atoms with Crippen molar-refractivity contribution in [2.24, 2.45) is 5.73 Å². The maximum Gasteiger partial charge on any atom is 0.313 e. The maximum atomic E-state index is 10.9. The van der Waals surface area contributed by atoms with Crippen molar-refractivity contribution in [1.82, 2.24) is 4.98 Å². The first kappa shape index (κ1) is 14.2. The number of hydrogen-bond donors (Lipinski definition) is 1. The van der Waals surface area contributed by atoms with Crippen LogP contribution in [0.25, 0.3) is 0 Å². The van der Waals surface area contributed by atoms with Crippen LogP contribution in [-0.2, 0) is 0 Å². The fraction of sp³-hybridized carbons (Fsp3) is 0.154. The third-order valence-corrected chi connectivity index (χ3v) is 2.85. The molecule has 1 aromatic heterocycles. The highest BCUT2D eigenvalue weighted by Gasteiger charge is 2.16. The molecule has 2 aromatic rings. The molecule has 1 atom stereocenters. The van der Waals surface area contributed by atoms with Crippen molar-refractivity contribution in [3.05, 3.63) is 57.2 Å². The van der Waals surface area contributed by atoms with Crippen LogP contribution in [0.2, 0.25) is 5.02 Å². The molecule has 0 amide bonds. The lowest BCUT2D eigenvalue weighted by Gasteiger charge is -2.08. The van der Waals surface area contributed by atoms with E-state index < -0.39 is 4.92 Å². The number of nitro groups is 1. The van der Waals surface area contributed by atoms with E-state index in [2.05, 4.69) is 4.98 Å². The molecule has 0 saturated heterocycles. The second-order valence-electron chi connectivity index (χ2n) is 4.19. The Morgan fingerprint density at radius 1 is 1.40 bits per heavy atom. The fourth-order valence-electron chi connectivity index (χ4n) is 1.55. The van der Waals surface area contributed by atoms with Gasteiger partial charge in [0.1, 0.15) is 0 Å². The largest absolute Gasteiger partial charge is 0.432 e. The van der Waals surface area contributed by atoms with Crippen molar-refractivity contribution in [3.8, 4) is 11.6 Å². The van der Waals surface area contributed by atoms with E-state index in [4.69, 9.17) is 22.1 Å². The molecule has 7 heteroatoms. The molecule has 2 N–H and O–H groups in total. The molecule has 1 unspecified atom stereocenters. The van der Waals surface area contributed by atoms with Crippen LogP contribution in [0.15, 0.2) is 36.5 Å². The van der Waals surface area contributed by atoms with E-state index in [-0.39, 0.29) is 28.4 Å². The quantitative estimate of drug-likeness (QED) is 0.688. The Bertz CT molecular complexity index is 629. The zero-order valence-electron chi connectivity index (χ0n) is 10.6. The van der Waals surface area contributed by atoms with Crippen molar-refractivity contribution in [2.45, 2.75) is 13.0 Å². The second kappa shape index (κ2) is 5.85. The molecule has 0 bridgehead atoms. The number of nitro benzene ring substituents is 1. The number of benzene rings is 1. The van der Waals surface area contributed by atoms with Gasteiger partial charge in [0.2, 0.25) is 11.6 Å². The Morgan fingerprint density at radius 3 is 2.70 bits per heavy atom. The van der Waals surface area contributed by atoms with Crippen LogP contribution in [0.5, 0.6) is 11.6 Å². The molecule has 1 heterocycles. The van der Waals surface area contributed by atoms with E-state index >= 15 is 0 Å². The number of ether oxygens (including phenoxy) is 1. The van der Waals surface area contributed by atoms with Crippen LogP contribution in [0, 0.1) is 10.1 Å². The Morgan fingerprint density at radius 2 is 2.15 bits per heavy atom. The molecule has 0 aliphatic carbocycles. The highest BCUT2D eigenvalue weighted by Crippen LogP contribution is 2.32. The normalized spacial score (nSPS) is 11.9. The summed E-state index contributed by atoms with van der Waals surface area (Å²) in [5.74, 6) is 0.334. The number of nitrogens with two attached hydrogens (primary N) is 1. The highest BCUT2D eigenvalue weighted by atomic mass is 35.5. The molecule has 2 rings (SSSR count). The molecule has 6 nitrogen and oxygen atoms in total. The number of rotatable bonds is 4. The Balaban J connectivity index is 2.28. The van der Waals surface area contributed by atoms with Crippen molar-refractivity contribution in [1.29, 1.82) is 0 Å². The Kier molecular flexibility index (Phi) is 4.16. The van der Waals surface area contributed by atoms with Crippen molar-refractivity contribution >= 4 is 17.3 Å². The zero-order valence-corrected chi connectivity index (χ0v) is 11.4. The summed E-state index contributed by atoms with van der Waals surface area (Å²) in [5, 5.41) is 11.2. The SMILES string of the molecule is CC(N)c1ccc(Oc2ccc(Cl)cc2[N+](=O)[O-])nc1. The van der Waals surface area contributed by atoms with Crippen LogP contribution in [0.4, 0.5) is 5.69 Å². The smallest absolute Gasteiger partial charge is 0.313 e. The lowest BCUT2D eigenvalue weighted by atomic mass is 10.2. The minimum atomic E-state index is -0.558. The topological polar surface area (TPSA) is 91.3 Å². The lowest BCUT2D eigenvalue weighted by Crippen LogP contribution is -2.05. The van der Waals surface area contributed by atoms with E-state index in [9.17, 15) is 10.1 Å². The summed E-state index contributed by atoms with van der Waals surface area (Å²) in [4.78, 5) is 14.4. The summed E-state index contributed by atoms with van der Waals surface area (Å²) < 4.78 is 5.41. The van der Waals surface area contributed by atoms with Crippen LogP contribution >= 0.6 is 11.6 Å². The Hall–Kier alpha value is -2.18. The van der Waals surface area contributed by atoms with Gasteiger partial charge in [-0.15, -0.1) is 0 Å². The van der Waals surface area contributed by atoms with Gasteiger partial charge >= 0.3 is 5.69 Å². The lowest BCUT2D eigenvalue weighted by molar-refractivity contribution is -0.385. The fourth-order valence-corrected chi connectivity index (χ4v) is 1.72. The summed E-state index contributed by atoms with van der Waals surface area (Å²) >= 11 is 5.73. The number of halogens is 1. The summed E-state index contributed by atoms with van der Waals surface area (Å²) in [6.07, 6.45) is 1.57. The first-order valence-corrected chi connectivity index (χ1v) is 6.18. The van der Waals surface area contributed by atoms with Gasteiger partial charge in [0, 0.05) is 29.4 Å². The van der Waals surface area contributed by atoms with E-state index in [1.165, 1.54) is 18.2 Å². The number of pyridine rings is 1. The van der Waals surface area contributed by atoms with Crippen LogP contribution in [0.1, 0.15) is 18.5 Å². The van der Waals surface area contributed by atoms with Crippen molar-refractivity contribution in [2.75, 3.05) is 0 Å². The van der Waals surface area contributed by atoms with E-state index in [1.807, 2.05) is 6.92 Å². The van der Waals surface area contributed by atoms with Gasteiger partial charge in [0.25, 0.3) is 0 Å². The summed E-state index contributed by atoms with van der Waals surface area (Å²) in [5.41, 5.74) is 6.35. The van der Waals surface area contributed by atoms with Crippen LogP contribution < -0.4 is 10.5 Å².